The van der Waals surface area contributed by atoms with Gasteiger partial charge in [-0.25, -0.2) is 6.57 Å². The molecule has 0 saturated heterocycles. The minimum atomic E-state index is -4.90. The zero-order valence-electron chi connectivity index (χ0n) is 19.3. The van der Waals surface area contributed by atoms with Gasteiger partial charge in [0.1, 0.15) is 12.5 Å². The lowest BCUT2D eigenvalue weighted by molar-refractivity contribution is -0.173. The van der Waals surface area contributed by atoms with E-state index in [0.29, 0.717) is 32.1 Å². The Morgan fingerprint density at radius 3 is 2.59 bits per heavy atom. The summed E-state index contributed by atoms with van der Waals surface area (Å²) in [6.45, 7) is 9.83. The van der Waals surface area contributed by atoms with E-state index in [0.717, 1.165) is 0 Å². The summed E-state index contributed by atoms with van der Waals surface area (Å²) in [7, 11) is -3.42. The van der Waals surface area contributed by atoms with Crippen LogP contribution in [0.4, 0.5) is 13.2 Å². The van der Waals surface area contributed by atoms with Gasteiger partial charge in [0.05, 0.1) is 12.6 Å². The fourth-order valence-electron chi connectivity index (χ4n) is 3.23. The van der Waals surface area contributed by atoms with Crippen LogP contribution in [0.2, 0.25) is 0 Å². The molecule has 3 unspecified atom stereocenters. The normalized spacial score (nSPS) is 18.9. The number of carbonyl (C=O) groups is 3. The van der Waals surface area contributed by atoms with E-state index in [1.54, 1.807) is 12.2 Å². The minimum Gasteiger partial charge on any atom is -0.348 e. The van der Waals surface area contributed by atoms with Crippen LogP contribution in [0.3, 0.4) is 0 Å². The summed E-state index contributed by atoms with van der Waals surface area (Å²) in [6.07, 6.45) is -0.0973. The van der Waals surface area contributed by atoms with Gasteiger partial charge in [0.15, 0.2) is 5.78 Å². The highest BCUT2D eigenvalue weighted by Gasteiger charge is 2.38. The van der Waals surface area contributed by atoms with E-state index in [1.807, 2.05) is 0 Å². The molecule has 0 aromatic carbocycles. The molecule has 0 aromatic rings. The zero-order chi connectivity index (χ0) is 25.8. The molecule has 1 N–H and O–H groups in total. The van der Waals surface area contributed by atoms with Crippen LogP contribution >= 0.6 is 7.60 Å². The van der Waals surface area contributed by atoms with Gasteiger partial charge in [-0.3, -0.25) is 18.9 Å². The Morgan fingerprint density at radius 2 is 1.97 bits per heavy atom. The Morgan fingerprint density at radius 1 is 1.29 bits per heavy atom. The van der Waals surface area contributed by atoms with Crippen LogP contribution in [0.1, 0.15) is 45.4 Å². The number of hydrogen-bond acceptors (Lipinski definition) is 6. The zero-order valence-corrected chi connectivity index (χ0v) is 20.2. The van der Waals surface area contributed by atoms with Crippen molar-refractivity contribution in [3.63, 3.8) is 0 Å². The van der Waals surface area contributed by atoms with Crippen molar-refractivity contribution in [2.75, 3.05) is 32.9 Å². The molecule has 1 aliphatic heterocycles. The van der Waals surface area contributed by atoms with Gasteiger partial charge in [-0.1, -0.05) is 26.2 Å². The molecule has 0 saturated carbocycles. The molecule has 0 spiro atoms. The molecule has 0 aromatic heterocycles. The maximum absolute atomic E-state index is 12.8. The number of unbranched alkanes of at least 4 members (excludes halogenated alkanes) is 3. The Hall–Kier alpha value is -2.22. The van der Waals surface area contributed by atoms with E-state index in [4.69, 9.17) is 15.6 Å². The van der Waals surface area contributed by atoms with Crippen molar-refractivity contribution in [1.29, 1.82) is 0 Å². The Kier molecular flexibility index (Phi) is 12.5. The molecular formula is C21H31F3N3O6P. The maximum atomic E-state index is 12.8. The van der Waals surface area contributed by atoms with Crippen LogP contribution in [-0.2, 0) is 28.0 Å². The molecule has 3 atom stereocenters. The minimum absolute atomic E-state index is 0.0263. The number of nitrogens with zero attached hydrogens (tertiary/aromatic N) is 2. The lowest BCUT2D eigenvalue weighted by Crippen LogP contribution is -2.43. The molecule has 9 nitrogen and oxygen atoms in total. The van der Waals surface area contributed by atoms with E-state index in [2.05, 4.69) is 4.85 Å². The Balaban J connectivity index is 2.47. The topological polar surface area (TPSA) is 106 Å². The summed E-state index contributed by atoms with van der Waals surface area (Å²) in [5.41, 5.74) is 0. The van der Waals surface area contributed by atoms with Crippen LogP contribution in [0.25, 0.3) is 4.85 Å². The fourth-order valence-corrected chi connectivity index (χ4v) is 4.46. The molecule has 0 aliphatic carbocycles. The number of rotatable bonds is 15. The summed E-state index contributed by atoms with van der Waals surface area (Å²) in [6, 6.07) is 0. The first kappa shape index (κ1) is 29.8. The lowest BCUT2D eigenvalue weighted by Gasteiger charge is -2.30. The molecule has 34 heavy (non-hydrogen) atoms. The summed E-state index contributed by atoms with van der Waals surface area (Å²) in [5, 5.41) is 1.79. The average Bonchev–Trinajstić information content (AvgIpc) is 2.75. The molecule has 0 bridgehead atoms. The number of carbonyl (C=O) groups excluding carboxylic acids is 3. The summed E-state index contributed by atoms with van der Waals surface area (Å²) in [5.74, 6) is -3.56. The number of alkyl halides is 3. The number of halogens is 3. The van der Waals surface area contributed by atoms with E-state index in [-0.39, 0.29) is 38.4 Å². The summed E-state index contributed by atoms with van der Waals surface area (Å²) >= 11 is 0. The predicted octanol–water partition coefficient (Wildman–Crippen LogP) is 3.71. The summed E-state index contributed by atoms with van der Waals surface area (Å²) < 4.78 is 59.5. The first-order chi connectivity index (χ1) is 15.9. The standard InChI is InChI=1S/C21H31F3N3O6P/c1-4-16(33-34(3,31)32-14-12-25-2)15-27-13-10-18(28)17(19(27)29)9-7-5-6-8-11-26-20(30)21(22,23)24/h10,13,16-17H,4-9,11-12,14-15H2,1,3H3,(H,26,30). The van der Waals surface area contributed by atoms with Gasteiger partial charge < -0.3 is 24.1 Å². The lowest BCUT2D eigenvalue weighted by atomic mass is 9.92. The van der Waals surface area contributed by atoms with Crippen molar-refractivity contribution in [2.45, 2.75) is 57.7 Å². The number of hydrogen-bond donors (Lipinski definition) is 1. The van der Waals surface area contributed by atoms with Crippen LogP contribution in [0.15, 0.2) is 12.3 Å². The highest BCUT2D eigenvalue weighted by atomic mass is 31.2. The van der Waals surface area contributed by atoms with Gasteiger partial charge in [0.25, 0.3) is 0 Å². The third-order valence-electron chi connectivity index (χ3n) is 5.03. The van der Waals surface area contributed by atoms with Gasteiger partial charge in [0.2, 0.25) is 12.5 Å². The van der Waals surface area contributed by atoms with Gasteiger partial charge in [-0.2, -0.15) is 13.2 Å². The van der Waals surface area contributed by atoms with Gasteiger partial charge in [0, 0.05) is 19.4 Å². The average molecular weight is 509 g/mol. The smallest absolute Gasteiger partial charge is 0.348 e. The van der Waals surface area contributed by atoms with Crippen LogP contribution in [-0.4, -0.2) is 67.7 Å². The second-order valence-corrected chi connectivity index (χ2v) is 9.85. The first-order valence-corrected chi connectivity index (χ1v) is 13.0. The van der Waals surface area contributed by atoms with Crippen molar-refractivity contribution < 1.29 is 41.2 Å². The maximum Gasteiger partial charge on any atom is 0.471 e. The van der Waals surface area contributed by atoms with Crippen molar-refractivity contribution >= 4 is 25.2 Å². The van der Waals surface area contributed by atoms with E-state index < -0.39 is 37.6 Å². The highest BCUT2D eigenvalue weighted by Crippen LogP contribution is 2.45. The predicted molar refractivity (Wildman–Crippen MR) is 118 cm³/mol. The van der Waals surface area contributed by atoms with Crippen molar-refractivity contribution in [1.82, 2.24) is 10.2 Å². The van der Waals surface area contributed by atoms with Crippen molar-refractivity contribution in [3.05, 3.63) is 23.7 Å². The first-order valence-electron chi connectivity index (χ1n) is 11.0. The number of amides is 2. The molecule has 0 fully saturated rings. The fraction of sp³-hybridized carbons (Fsp3) is 0.714. The molecule has 1 aliphatic rings. The van der Waals surface area contributed by atoms with E-state index in [1.165, 1.54) is 23.8 Å². The van der Waals surface area contributed by atoms with Crippen molar-refractivity contribution in [3.8, 4) is 0 Å². The SMILES string of the molecule is [C-]#[N+]CCOP(C)(=O)OC(CC)CN1C=CC(=O)C(CCCCCCNC(=O)C(F)(F)F)C1=O. The van der Waals surface area contributed by atoms with E-state index in [9.17, 15) is 32.1 Å². The Bertz CT molecular complexity index is 828. The van der Waals surface area contributed by atoms with Gasteiger partial charge in [-0.05, 0) is 25.3 Å². The Labute approximate surface area is 197 Å². The van der Waals surface area contributed by atoms with Crippen LogP contribution in [0.5, 0.6) is 0 Å². The van der Waals surface area contributed by atoms with Crippen LogP contribution in [0, 0.1) is 12.5 Å². The molecule has 0 radical (unpaired) electrons. The molecule has 192 valence electrons. The van der Waals surface area contributed by atoms with Gasteiger partial charge in [-0.15, -0.1) is 0 Å². The van der Waals surface area contributed by atoms with Crippen molar-refractivity contribution in [2.24, 2.45) is 5.92 Å². The third kappa shape index (κ3) is 10.8. The second kappa shape index (κ2) is 14.2. The molecule has 1 heterocycles. The molecular weight excluding hydrogens is 478 g/mol. The van der Waals surface area contributed by atoms with Gasteiger partial charge >= 0.3 is 19.7 Å². The quantitative estimate of drug-likeness (QED) is 0.156. The third-order valence-corrected chi connectivity index (χ3v) is 6.36. The monoisotopic (exact) mass is 509 g/mol. The molecule has 2 amide bonds. The molecule has 1 rings (SSSR count). The molecule has 13 heteroatoms. The number of nitrogens with one attached hydrogen (secondary N) is 1. The number of ketones is 1. The van der Waals surface area contributed by atoms with E-state index >= 15 is 0 Å². The second-order valence-electron chi connectivity index (χ2n) is 7.84. The largest absolute Gasteiger partial charge is 0.471 e. The number of allylic oxidation sites excluding steroid dienone is 1. The van der Waals surface area contributed by atoms with Crippen LogP contribution < -0.4 is 5.32 Å². The summed E-state index contributed by atoms with van der Waals surface area (Å²) in [4.78, 5) is 40.2. The highest BCUT2D eigenvalue weighted by molar-refractivity contribution is 7.53.